The molecule has 2 atom stereocenters. The molecular weight excluding hydrogens is 476 g/mol. The first-order valence-electron chi connectivity index (χ1n) is 9.94. The van der Waals surface area contributed by atoms with Crippen LogP contribution in [0, 0.1) is 0 Å². The lowest BCUT2D eigenvalue weighted by Crippen LogP contribution is -2.59. The van der Waals surface area contributed by atoms with Crippen LogP contribution in [0.2, 0.25) is 0 Å². The number of aliphatic carboxylic acids is 1. The number of carboxylic acids is 1. The van der Waals surface area contributed by atoms with E-state index >= 15 is 0 Å². The number of carbonyl (C=O) groups excluding carboxylic acids is 1. The molecule has 2 unspecified atom stereocenters. The second kappa shape index (κ2) is 9.12. The van der Waals surface area contributed by atoms with E-state index in [1.807, 2.05) is 0 Å². The number of ether oxygens (including phenoxy) is 1. The highest BCUT2D eigenvalue weighted by Gasteiger charge is 2.41. The third kappa shape index (κ3) is 5.24. The number of carbonyl (C=O) groups is 2. The van der Waals surface area contributed by atoms with Gasteiger partial charge in [-0.3, -0.25) is 15.6 Å². The van der Waals surface area contributed by atoms with Crippen LogP contribution in [0.1, 0.15) is 25.3 Å². The quantitative estimate of drug-likeness (QED) is 0.405. The van der Waals surface area contributed by atoms with E-state index in [0.717, 1.165) is 6.92 Å². The molecule has 3 aliphatic heterocycles. The molecule has 15 heteroatoms. The molecule has 2 saturated heterocycles. The van der Waals surface area contributed by atoms with Gasteiger partial charge in [-0.2, -0.15) is 26.3 Å². The third-order valence-electron chi connectivity index (χ3n) is 5.37. The molecule has 4 rings (SSSR count). The Bertz CT molecular complexity index is 993. The molecular formula is C19H21F6N5O4. The van der Waals surface area contributed by atoms with Crippen molar-refractivity contribution in [1.82, 2.24) is 16.2 Å². The zero-order chi connectivity index (χ0) is 25.4. The summed E-state index contributed by atoms with van der Waals surface area (Å²) >= 11 is 0. The summed E-state index contributed by atoms with van der Waals surface area (Å²) in [4.78, 5) is 22.6. The fraction of sp³-hybridized carbons (Fsp3) is 0.474. The Hall–Kier alpha value is -3.36. The van der Waals surface area contributed by atoms with Crippen LogP contribution < -0.4 is 31.1 Å². The number of amides is 1. The lowest BCUT2D eigenvalue weighted by atomic mass is 9.95. The molecule has 0 aromatic heterocycles. The standard InChI is InChI=1S/C17H20F3N5O2.C2HF3O2/c1-8(17(18,19)20)11-3-14-13(4-12(11)22-10-5-21-6-10)25-9(2)16(26)24-23-15(25)7-27-14;3-2(4,5)1(6)7/h3-4,7-10,21-23H,5-6H2,1-2H3,(H,24,26);(H,6,7). The van der Waals surface area contributed by atoms with Crippen LogP contribution in [0.5, 0.6) is 5.75 Å². The molecule has 2 fully saturated rings. The summed E-state index contributed by atoms with van der Waals surface area (Å²) < 4.78 is 77.5. The summed E-state index contributed by atoms with van der Waals surface area (Å²) in [5.74, 6) is -3.86. The molecule has 0 aliphatic carbocycles. The van der Waals surface area contributed by atoms with E-state index in [4.69, 9.17) is 14.6 Å². The number of carboxylic acid groups (broad SMARTS) is 1. The maximum absolute atomic E-state index is 13.4. The van der Waals surface area contributed by atoms with Crippen LogP contribution in [0.3, 0.4) is 0 Å². The molecule has 3 heterocycles. The number of nitrogens with zero attached hydrogens (tertiary/aromatic N) is 1. The van der Waals surface area contributed by atoms with Crippen LogP contribution in [-0.2, 0) is 9.59 Å². The number of anilines is 2. The average Bonchev–Trinajstić information content (AvgIpc) is 2.71. The van der Waals surface area contributed by atoms with E-state index in [1.165, 1.54) is 12.3 Å². The van der Waals surface area contributed by atoms with E-state index in [9.17, 15) is 31.1 Å². The van der Waals surface area contributed by atoms with Gasteiger partial charge in [-0.1, -0.05) is 0 Å². The van der Waals surface area contributed by atoms with Gasteiger partial charge in [0.1, 0.15) is 12.3 Å². The largest absolute Gasteiger partial charge is 0.490 e. The topological polar surface area (TPSA) is 115 Å². The Labute approximate surface area is 189 Å². The van der Waals surface area contributed by atoms with Crippen LogP contribution in [-0.4, -0.2) is 54.5 Å². The first-order valence-corrected chi connectivity index (χ1v) is 9.94. The number of rotatable bonds is 3. The number of hydrogen-bond acceptors (Lipinski definition) is 7. The molecule has 0 spiro atoms. The molecule has 1 amide bonds. The maximum atomic E-state index is 13.4. The highest BCUT2D eigenvalue weighted by atomic mass is 19.4. The van der Waals surface area contributed by atoms with Gasteiger partial charge in [0.25, 0.3) is 5.91 Å². The summed E-state index contributed by atoms with van der Waals surface area (Å²) in [6, 6.07) is 2.56. The van der Waals surface area contributed by atoms with Crippen LogP contribution in [0.4, 0.5) is 37.7 Å². The summed E-state index contributed by atoms with van der Waals surface area (Å²) in [7, 11) is 0. The van der Waals surface area contributed by atoms with Gasteiger partial charge in [-0.25, -0.2) is 4.79 Å². The second-order valence-electron chi connectivity index (χ2n) is 7.75. The fourth-order valence-electron chi connectivity index (χ4n) is 3.30. The van der Waals surface area contributed by atoms with Crippen molar-refractivity contribution in [2.24, 2.45) is 0 Å². The Morgan fingerprint density at radius 1 is 1.21 bits per heavy atom. The van der Waals surface area contributed by atoms with Crippen molar-refractivity contribution in [3.63, 3.8) is 0 Å². The van der Waals surface area contributed by atoms with Gasteiger partial charge < -0.3 is 25.4 Å². The third-order valence-corrected chi connectivity index (χ3v) is 5.37. The van der Waals surface area contributed by atoms with Gasteiger partial charge in [0, 0.05) is 18.8 Å². The summed E-state index contributed by atoms with van der Waals surface area (Å²) in [5, 5.41) is 13.4. The van der Waals surface area contributed by atoms with Gasteiger partial charge in [0.15, 0.2) is 11.6 Å². The van der Waals surface area contributed by atoms with E-state index in [2.05, 4.69) is 21.5 Å². The van der Waals surface area contributed by atoms with Gasteiger partial charge in [0.2, 0.25) is 0 Å². The van der Waals surface area contributed by atoms with Crippen molar-refractivity contribution in [2.45, 2.75) is 44.2 Å². The normalized spacial score (nSPS) is 20.6. The Kier molecular flexibility index (Phi) is 6.78. The lowest BCUT2D eigenvalue weighted by Gasteiger charge is -2.40. The van der Waals surface area contributed by atoms with Gasteiger partial charge in [0.05, 0.1) is 17.6 Å². The monoisotopic (exact) mass is 497 g/mol. The molecule has 0 saturated carbocycles. The van der Waals surface area contributed by atoms with Crippen molar-refractivity contribution in [1.29, 1.82) is 0 Å². The number of halogens is 6. The number of hydrazine groups is 1. The van der Waals surface area contributed by atoms with E-state index in [-0.39, 0.29) is 23.3 Å². The summed E-state index contributed by atoms with van der Waals surface area (Å²) in [6.45, 7) is 4.22. The van der Waals surface area contributed by atoms with Crippen LogP contribution >= 0.6 is 0 Å². The Morgan fingerprint density at radius 3 is 2.32 bits per heavy atom. The molecule has 9 nitrogen and oxygen atoms in total. The highest BCUT2D eigenvalue weighted by Crippen LogP contribution is 2.45. The van der Waals surface area contributed by atoms with Crippen molar-refractivity contribution < 1.29 is 45.8 Å². The van der Waals surface area contributed by atoms with E-state index < -0.39 is 30.3 Å². The second-order valence-corrected chi connectivity index (χ2v) is 7.75. The summed E-state index contributed by atoms with van der Waals surface area (Å²) in [6.07, 6.45) is -8.08. The van der Waals surface area contributed by atoms with Crippen LogP contribution in [0.25, 0.3) is 0 Å². The predicted molar refractivity (Wildman–Crippen MR) is 107 cm³/mol. The highest BCUT2D eigenvalue weighted by molar-refractivity contribution is 5.89. The maximum Gasteiger partial charge on any atom is 0.490 e. The SMILES string of the molecule is CC1C(=O)NNC2=COc3cc(C(C)C(F)(F)F)c(NC4CNC4)cc3N21.O=C(O)C(F)(F)F. The summed E-state index contributed by atoms with van der Waals surface area (Å²) in [5.41, 5.74) is 6.31. The predicted octanol–water partition coefficient (Wildman–Crippen LogP) is 2.39. The molecule has 1 aromatic rings. The minimum Gasteiger partial charge on any atom is -0.475 e. The van der Waals surface area contributed by atoms with Crippen LogP contribution in [0.15, 0.2) is 24.2 Å². The molecule has 1 aromatic carbocycles. The van der Waals surface area contributed by atoms with E-state index in [0.29, 0.717) is 30.3 Å². The van der Waals surface area contributed by atoms with Crippen molar-refractivity contribution >= 4 is 23.3 Å². The number of nitrogens with one attached hydrogen (secondary N) is 4. The minimum atomic E-state index is -5.08. The molecule has 3 aliphatic rings. The van der Waals surface area contributed by atoms with Gasteiger partial charge in [-0.15, -0.1) is 0 Å². The Morgan fingerprint density at radius 2 is 1.82 bits per heavy atom. The van der Waals surface area contributed by atoms with Crippen molar-refractivity contribution in [2.75, 3.05) is 23.3 Å². The first kappa shape index (κ1) is 25.3. The van der Waals surface area contributed by atoms with E-state index in [1.54, 1.807) is 17.9 Å². The van der Waals surface area contributed by atoms with Gasteiger partial charge >= 0.3 is 18.3 Å². The van der Waals surface area contributed by atoms with Crippen molar-refractivity contribution in [3.8, 4) is 5.75 Å². The van der Waals surface area contributed by atoms with Crippen molar-refractivity contribution in [3.05, 3.63) is 29.8 Å². The molecule has 188 valence electrons. The number of fused-ring (bicyclic) bond motifs is 3. The molecule has 0 bridgehead atoms. The lowest BCUT2D eigenvalue weighted by molar-refractivity contribution is -0.192. The minimum absolute atomic E-state index is 0.0574. The molecule has 5 N–H and O–H groups in total. The fourth-order valence-corrected chi connectivity index (χ4v) is 3.30. The number of hydrogen-bond donors (Lipinski definition) is 5. The zero-order valence-electron chi connectivity index (χ0n) is 17.8. The Balaban J connectivity index is 0.000000406. The molecule has 34 heavy (non-hydrogen) atoms. The first-order chi connectivity index (χ1) is 15.7. The number of alkyl halides is 6. The van der Waals surface area contributed by atoms with Gasteiger partial charge in [-0.05, 0) is 31.5 Å². The smallest absolute Gasteiger partial charge is 0.475 e. The average molecular weight is 497 g/mol. The molecule has 0 radical (unpaired) electrons. The zero-order valence-corrected chi connectivity index (χ0v) is 17.8. The number of benzene rings is 1.